The van der Waals surface area contributed by atoms with Crippen LogP contribution < -0.4 is 0 Å². The van der Waals surface area contributed by atoms with Gasteiger partial charge in [0.05, 0.1) is 30.8 Å². The molecule has 61 heavy (non-hydrogen) atoms. The molecular formula is C48H47ClN2O10. The third-order valence-electron chi connectivity index (χ3n) is 10.9. The van der Waals surface area contributed by atoms with E-state index in [0.29, 0.717) is 93.7 Å². The molecule has 0 spiro atoms. The molecule has 316 valence electrons. The number of esters is 1. The number of likely N-dealkylation sites (N-methyl/N-ethyl adjacent to an activating group) is 2. The van der Waals surface area contributed by atoms with Crippen molar-refractivity contribution < 1.29 is 47.4 Å². The van der Waals surface area contributed by atoms with E-state index in [1.165, 1.54) is 13.8 Å². The molecule has 1 N–H and O–H groups in total. The molecular weight excluding hydrogens is 800 g/mol. The van der Waals surface area contributed by atoms with Gasteiger partial charge in [0, 0.05) is 60.3 Å². The standard InChI is InChI=1S/C24H23NO5.C22H21NO4.C2H3ClO/c1-13-6-5-7-17-16(13)8-9-18-21(17)23(28)22(27)20-14(2)19(30-24(18)20)12-25(4)10-11-29-15(3)26;1-12-5-4-6-15-14(12)7-8-16-19(15)21(26)20(25)18-13(2)17(27-22(16)18)11-23(3)9-10-24;1-2(3)4/h5-9H,10-12H2,1-4H3;4-8,24H,9-11H2,1-3H3;1H3. The van der Waals surface area contributed by atoms with Gasteiger partial charge < -0.3 is 18.7 Å². The summed E-state index contributed by atoms with van der Waals surface area (Å²) in [5.74, 6) is -0.124. The first-order valence-electron chi connectivity index (χ1n) is 19.7. The number of aliphatic hydroxyl groups excluding tert-OH is 1. The largest absolute Gasteiger partial charge is 0.465 e. The minimum Gasteiger partial charge on any atom is -0.465 e. The van der Waals surface area contributed by atoms with Gasteiger partial charge in [-0.3, -0.25) is 38.6 Å². The van der Waals surface area contributed by atoms with Crippen LogP contribution in [0, 0.1) is 27.7 Å². The Labute approximate surface area is 358 Å². The normalized spacial score (nSPS) is 12.7. The van der Waals surface area contributed by atoms with E-state index in [2.05, 4.69) is 11.6 Å². The minimum absolute atomic E-state index is 0.0432. The number of rotatable bonds is 9. The van der Waals surface area contributed by atoms with Crippen LogP contribution >= 0.6 is 11.6 Å². The van der Waals surface area contributed by atoms with Crippen molar-refractivity contribution in [1.29, 1.82) is 0 Å². The first-order valence-corrected chi connectivity index (χ1v) is 20.1. The van der Waals surface area contributed by atoms with Crippen LogP contribution in [0.3, 0.4) is 0 Å². The van der Waals surface area contributed by atoms with Crippen molar-refractivity contribution in [2.75, 3.05) is 40.4 Å². The highest BCUT2D eigenvalue weighted by Gasteiger charge is 2.39. The molecule has 2 aromatic heterocycles. The fourth-order valence-corrected chi connectivity index (χ4v) is 7.86. The highest BCUT2D eigenvalue weighted by Crippen LogP contribution is 2.43. The summed E-state index contributed by atoms with van der Waals surface area (Å²) in [7, 11) is 3.75. The summed E-state index contributed by atoms with van der Waals surface area (Å²) in [5.41, 5.74) is 6.37. The Morgan fingerprint density at radius 1 is 0.607 bits per heavy atom. The van der Waals surface area contributed by atoms with Crippen molar-refractivity contribution in [2.24, 2.45) is 0 Å². The van der Waals surface area contributed by atoms with Gasteiger partial charge in [-0.2, -0.15) is 0 Å². The predicted octanol–water partition coefficient (Wildman–Crippen LogP) is 8.38. The molecule has 2 aliphatic rings. The molecule has 12 nitrogen and oxygen atoms in total. The molecule has 2 aliphatic carbocycles. The van der Waals surface area contributed by atoms with E-state index < -0.39 is 23.1 Å². The van der Waals surface area contributed by atoms with Crippen molar-refractivity contribution in [3.8, 4) is 22.6 Å². The second kappa shape index (κ2) is 18.3. The zero-order chi connectivity index (χ0) is 44.4. The summed E-state index contributed by atoms with van der Waals surface area (Å²) in [6, 6.07) is 19.2. The number of nitrogens with zero attached hydrogens (tertiary/aromatic N) is 2. The monoisotopic (exact) mass is 846 g/mol. The van der Waals surface area contributed by atoms with Crippen LogP contribution in [0.25, 0.3) is 44.2 Å². The smallest absolute Gasteiger partial charge is 0.302 e. The van der Waals surface area contributed by atoms with Crippen molar-refractivity contribution in [2.45, 2.75) is 54.6 Å². The summed E-state index contributed by atoms with van der Waals surface area (Å²) in [6.45, 7) is 12.5. The number of halogens is 1. The van der Waals surface area contributed by atoms with Crippen LogP contribution in [0.15, 0.2) is 69.5 Å². The Balaban J connectivity index is 0.000000189. The summed E-state index contributed by atoms with van der Waals surface area (Å²) < 4.78 is 17.2. The average Bonchev–Trinajstić information content (AvgIpc) is 3.70. The molecule has 0 bridgehead atoms. The Morgan fingerprint density at radius 2 is 1.00 bits per heavy atom. The summed E-state index contributed by atoms with van der Waals surface area (Å²) >= 11 is 4.64. The van der Waals surface area contributed by atoms with E-state index in [-0.39, 0.29) is 24.4 Å². The van der Waals surface area contributed by atoms with Gasteiger partial charge in [-0.25, -0.2) is 0 Å². The van der Waals surface area contributed by atoms with Gasteiger partial charge >= 0.3 is 5.97 Å². The zero-order valence-electron chi connectivity index (χ0n) is 35.4. The molecule has 6 aromatic rings. The second-order valence-electron chi connectivity index (χ2n) is 15.4. The van der Waals surface area contributed by atoms with Gasteiger partial charge in [0.2, 0.25) is 28.4 Å². The number of fused-ring (bicyclic) bond motifs is 10. The van der Waals surface area contributed by atoms with Gasteiger partial charge in [0.15, 0.2) is 0 Å². The van der Waals surface area contributed by atoms with Crippen molar-refractivity contribution in [3.63, 3.8) is 0 Å². The lowest BCUT2D eigenvalue weighted by atomic mass is 9.83. The van der Waals surface area contributed by atoms with Crippen LogP contribution in [0.2, 0.25) is 0 Å². The third-order valence-corrected chi connectivity index (χ3v) is 10.9. The summed E-state index contributed by atoms with van der Waals surface area (Å²) in [5, 5.41) is 12.2. The van der Waals surface area contributed by atoms with Crippen LogP contribution in [0.4, 0.5) is 0 Å². The summed E-state index contributed by atoms with van der Waals surface area (Å²) in [4.78, 5) is 75.9. The average molecular weight is 847 g/mol. The molecule has 0 saturated carbocycles. The lowest BCUT2D eigenvalue weighted by Gasteiger charge is -2.16. The third kappa shape index (κ3) is 8.76. The van der Waals surface area contributed by atoms with Crippen molar-refractivity contribution in [3.05, 3.63) is 117 Å². The Kier molecular flexibility index (Phi) is 13.3. The number of ketones is 4. The fraction of sp³-hybridized carbons (Fsp3) is 0.292. The molecule has 0 saturated heterocycles. The first-order chi connectivity index (χ1) is 29.0. The maximum atomic E-state index is 13.0. The fourth-order valence-electron chi connectivity index (χ4n) is 7.86. The number of ether oxygens (including phenoxy) is 1. The van der Waals surface area contributed by atoms with E-state index in [1.54, 1.807) is 6.92 Å². The van der Waals surface area contributed by atoms with Crippen LogP contribution in [0.5, 0.6) is 0 Å². The molecule has 2 heterocycles. The molecule has 4 aromatic carbocycles. The second-order valence-corrected chi connectivity index (χ2v) is 15.9. The van der Waals surface area contributed by atoms with Gasteiger partial charge in [0.1, 0.15) is 29.6 Å². The number of hydrogen-bond acceptors (Lipinski definition) is 12. The number of benzene rings is 4. The Bertz CT molecular complexity index is 2770. The SMILES string of the molecule is CC(=O)Cl.CC(=O)OCCN(C)Cc1oc2c(c1C)C(=O)C(=O)c1c-2ccc2c(C)cccc12.Cc1c(CN(C)CCO)oc2c1C(=O)C(=O)c1c-2ccc2c(C)cccc12. The molecule has 0 unspecified atom stereocenters. The quantitative estimate of drug-likeness (QED) is 0.0841. The first kappa shape index (κ1) is 44.5. The Hall–Kier alpha value is -6.05. The molecule has 0 amide bonds. The Morgan fingerprint density at radius 3 is 1.39 bits per heavy atom. The van der Waals surface area contributed by atoms with E-state index in [4.69, 9.17) is 18.7 Å². The summed E-state index contributed by atoms with van der Waals surface area (Å²) in [6.07, 6.45) is 0. The number of aryl methyl sites for hydroxylation is 2. The van der Waals surface area contributed by atoms with Crippen LogP contribution in [-0.2, 0) is 27.4 Å². The molecule has 13 heteroatoms. The van der Waals surface area contributed by atoms with E-state index in [1.807, 2.05) is 105 Å². The highest BCUT2D eigenvalue weighted by molar-refractivity contribution is 6.62. The predicted molar refractivity (Wildman–Crippen MR) is 232 cm³/mol. The minimum atomic E-state index is -0.526. The molecule has 0 aliphatic heterocycles. The van der Waals surface area contributed by atoms with Crippen molar-refractivity contribution >= 4 is 67.5 Å². The maximum absolute atomic E-state index is 13.0. The van der Waals surface area contributed by atoms with Crippen LogP contribution in [0.1, 0.15) is 89.1 Å². The number of Topliss-reactive ketones (excluding diaryl/α,β-unsaturated/α-hetero) is 4. The van der Waals surface area contributed by atoms with Gasteiger partial charge in [-0.1, -0.05) is 48.5 Å². The topological polar surface area (TPSA) is 165 Å². The zero-order valence-corrected chi connectivity index (χ0v) is 36.2. The maximum Gasteiger partial charge on any atom is 0.302 e. The molecule has 0 radical (unpaired) electrons. The van der Waals surface area contributed by atoms with E-state index in [9.17, 15) is 28.8 Å². The van der Waals surface area contributed by atoms with Gasteiger partial charge in [-0.05, 0) is 98.2 Å². The lowest BCUT2D eigenvalue weighted by molar-refractivity contribution is -0.141. The number of furan rings is 2. The van der Waals surface area contributed by atoms with Gasteiger partial charge in [0.25, 0.3) is 0 Å². The number of carbonyl (C=O) groups excluding carboxylic acids is 6. The lowest BCUT2D eigenvalue weighted by Crippen LogP contribution is -2.24. The van der Waals surface area contributed by atoms with E-state index in [0.717, 1.165) is 32.7 Å². The number of hydrogen-bond donors (Lipinski definition) is 1. The molecule has 8 rings (SSSR count). The molecule has 0 fully saturated rings. The number of aliphatic hydroxyl groups is 1. The van der Waals surface area contributed by atoms with Gasteiger partial charge in [-0.15, -0.1) is 0 Å². The highest BCUT2D eigenvalue weighted by atomic mass is 35.5. The van der Waals surface area contributed by atoms with Crippen molar-refractivity contribution in [1.82, 2.24) is 9.80 Å². The van der Waals surface area contributed by atoms with Crippen LogP contribution in [-0.4, -0.2) is 89.6 Å². The van der Waals surface area contributed by atoms with E-state index >= 15 is 0 Å². The molecule has 0 atom stereocenters. The number of carbonyl (C=O) groups is 6.